The third kappa shape index (κ3) is 5.01. The van der Waals surface area contributed by atoms with E-state index in [2.05, 4.69) is 22.6 Å². The van der Waals surface area contributed by atoms with Crippen molar-refractivity contribution >= 4 is 12.3 Å². The summed E-state index contributed by atoms with van der Waals surface area (Å²) < 4.78 is 24.2. The molecule has 0 N–H and O–H groups in total. The van der Waals surface area contributed by atoms with E-state index in [1.165, 1.54) is 12.2 Å². The fourth-order valence-corrected chi connectivity index (χ4v) is 1.34. The molecule has 0 spiro atoms. The van der Waals surface area contributed by atoms with Crippen LogP contribution in [0.5, 0.6) is 0 Å². The third-order valence-electron chi connectivity index (χ3n) is 2.07. The van der Waals surface area contributed by atoms with Gasteiger partial charge in [-0.2, -0.15) is 0 Å². The summed E-state index contributed by atoms with van der Waals surface area (Å²) in [7, 11) is 0. The summed E-state index contributed by atoms with van der Waals surface area (Å²) in [4.78, 5) is 22.7. The number of carbonyl (C=O) groups excluding carboxylic acids is 2. The first-order valence-corrected chi connectivity index (χ1v) is 5.69. The van der Waals surface area contributed by atoms with Crippen LogP contribution >= 0.6 is 0 Å². The lowest BCUT2D eigenvalue weighted by Gasteiger charge is -2.25. The van der Waals surface area contributed by atoms with E-state index in [0.717, 1.165) is 0 Å². The fraction of sp³-hybridized carbons (Fsp3) is 0.500. The first kappa shape index (κ1) is 15.0. The molecule has 0 radical (unpaired) electrons. The third-order valence-corrected chi connectivity index (χ3v) is 2.07. The fourth-order valence-electron chi connectivity index (χ4n) is 1.34. The van der Waals surface area contributed by atoms with E-state index in [0.29, 0.717) is 13.0 Å². The standard InChI is InChI=1S/C12H16O7/c1-3-7-15-10(13)18-12(6-5-9-17-12)19-11(14)16-8-4-2/h3-4H,1-2,5-9H2. The van der Waals surface area contributed by atoms with Gasteiger partial charge in [-0.3, -0.25) is 0 Å². The molecule has 0 aromatic rings. The normalized spacial score (nSPS) is 16.2. The van der Waals surface area contributed by atoms with Crippen LogP contribution in [0.15, 0.2) is 25.3 Å². The number of carbonyl (C=O) groups is 2. The van der Waals surface area contributed by atoms with Crippen LogP contribution in [-0.4, -0.2) is 38.1 Å². The van der Waals surface area contributed by atoms with Gasteiger partial charge in [0.25, 0.3) is 0 Å². The van der Waals surface area contributed by atoms with Crippen molar-refractivity contribution in [3.05, 3.63) is 25.3 Å². The van der Waals surface area contributed by atoms with Gasteiger partial charge in [0.1, 0.15) is 13.2 Å². The van der Waals surface area contributed by atoms with E-state index in [1.807, 2.05) is 0 Å². The van der Waals surface area contributed by atoms with E-state index in [-0.39, 0.29) is 19.6 Å². The molecule has 0 unspecified atom stereocenters. The second kappa shape index (κ2) is 7.42. The molecule has 0 atom stereocenters. The second-order valence-corrected chi connectivity index (χ2v) is 3.54. The van der Waals surface area contributed by atoms with E-state index in [1.54, 1.807) is 0 Å². The summed E-state index contributed by atoms with van der Waals surface area (Å²) in [6.07, 6.45) is 1.50. The largest absolute Gasteiger partial charge is 0.513 e. The van der Waals surface area contributed by atoms with Gasteiger partial charge in [-0.25, -0.2) is 9.59 Å². The molecule has 0 aromatic carbocycles. The van der Waals surface area contributed by atoms with Gasteiger partial charge in [0.15, 0.2) is 0 Å². The van der Waals surface area contributed by atoms with Crippen LogP contribution in [0.3, 0.4) is 0 Å². The number of ether oxygens (including phenoxy) is 5. The van der Waals surface area contributed by atoms with Crippen molar-refractivity contribution < 1.29 is 33.3 Å². The highest BCUT2D eigenvalue weighted by Gasteiger charge is 2.45. The predicted molar refractivity (Wildman–Crippen MR) is 63.2 cm³/mol. The summed E-state index contributed by atoms with van der Waals surface area (Å²) in [5.41, 5.74) is 0. The van der Waals surface area contributed by atoms with Crippen LogP contribution < -0.4 is 0 Å². The highest BCUT2D eigenvalue weighted by atomic mass is 16.9. The van der Waals surface area contributed by atoms with Gasteiger partial charge < -0.3 is 23.7 Å². The average molecular weight is 272 g/mol. The lowest BCUT2D eigenvalue weighted by atomic mass is 10.3. The molecule has 7 nitrogen and oxygen atoms in total. The van der Waals surface area contributed by atoms with E-state index in [4.69, 9.17) is 14.2 Å². The Bertz CT molecular complexity index is 316. The molecular weight excluding hydrogens is 256 g/mol. The summed E-state index contributed by atoms with van der Waals surface area (Å²) in [6.45, 7) is 7.03. The minimum Gasteiger partial charge on any atom is -0.430 e. The monoisotopic (exact) mass is 272 g/mol. The predicted octanol–water partition coefficient (Wildman–Crippen LogP) is 2.13. The van der Waals surface area contributed by atoms with Crippen LogP contribution in [0.4, 0.5) is 9.59 Å². The lowest BCUT2D eigenvalue weighted by Crippen LogP contribution is -2.39. The minimum absolute atomic E-state index is 0.0180. The van der Waals surface area contributed by atoms with Crippen molar-refractivity contribution in [3.8, 4) is 0 Å². The Kier molecular flexibility index (Phi) is 5.87. The van der Waals surface area contributed by atoms with Gasteiger partial charge in [0.05, 0.1) is 13.0 Å². The average Bonchev–Trinajstić information content (AvgIpc) is 2.82. The van der Waals surface area contributed by atoms with Crippen LogP contribution in [0, 0.1) is 0 Å². The zero-order valence-electron chi connectivity index (χ0n) is 10.5. The first-order valence-electron chi connectivity index (χ1n) is 5.69. The van der Waals surface area contributed by atoms with Crippen LogP contribution in [0.1, 0.15) is 12.8 Å². The van der Waals surface area contributed by atoms with Crippen molar-refractivity contribution in [2.75, 3.05) is 19.8 Å². The highest BCUT2D eigenvalue weighted by Crippen LogP contribution is 2.29. The zero-order valence-corrected chi connectivity index (χ0v) is 10.5. The van der Waals surface area contributed by atoms with E-state index < -0.39 is 18.3 Å². The second-order valence-electron chi connectivity index (χ2n) is 3.54. The quantitative estimate of drug-likeness (QED) is 0.416. The highest BCUT2D eigenvalue weighted by molar-refractivity contribution is 5.62. The molecule has 1 fully saturated rings. The molecule has 1 rings (SSSR count). The van der Waals surface area contributed by atoms with Crippen molar-refractivity contribution in [2.24, 2.45) is 0 Å². The maximum Gasteiger partial charge on any atom is 0.513 e. The van der Waals surface area contributed by atoms with Gasteiger partial charge in [-0.05, 0) is 6.42 Å². The molecule has 7 heteroatoms. The summed E-state index contributed by atoms with van der Waals surface area (Å²) in [5, 5.41) is 0. The molecule has 1 aliphatic heterocycles. The molecule has 19 heavy (non-hydrogen) atoms. The van der Waals surface area contributed by atoms with Gasteiger partial charge >= 0.3 is 18.3 Å². The Morgan fingerprint density at radius 2 is 1.63 bits per heavy atom. The van der Waals surface area contributed by atoms with Crippen molar-refractivity contribution in [3.63, 3.8) is 0 Å². The Balaban J connectivity index is 2.53. The first-order chi connectivity index (χ1) is 9.12. The number of rotatable bonds is 6. The molecule has 1 aliphatic rings. The lowest BCUT2D eigenvalue weighted by molar-refractivity contribution is -0.317. The van der Waals surface area contributed by atoms with Gasteiger partial charge in [-0.1, -0.05) is 25.3 Å². The molecule has 0 aromatic heterocycles. The zero-order chi connectivity index (χ0) is 14.1. The smallest absolute Gasteiger partial charge is 0.430 e. The van der Waals surface area contributed by atoms with Gasteiger partial charge in [0, 0.05) is 0 Å². The topological polar surface area (TPSA) is 80.3 Å². The summed E-state index contributed by atoms with van der Waals surface area (Å²) in [5.74, 6) is -1.78. The van der Waals surface area contributed by atoms with Crippen molar-refractivity contribution in [2.45, 2.75) is 18.8 Å². The molecule has 1 heterocycles. The molecule has 0 amide bonds. The SMILES string of the molecule is C=CCOC(=O)OC1(OC(=O)OCC=C)CCCO1. The summed E-state index contributed by atoms with van der Waals surface area (Å²) >= 11 is 0. The van der Waals surface area contributed by atoms with E-state index in [9.17, 15) is 9.59 Å². The number of hydrogen-bond donors (Lipinski definition) is 0. The minimum atomic E-state index is -1.78. The Labute approximate surface area is 110 Å². The van der Waals surface area contributed by atoms with Crippen LogP contribution in [0.25, 0.3) is 0 Å². The molecule has 0 aliphatic carbocycles. The van der Waals surface area contributed by atoms with E-state index >= 15 is 0 Å². The maximum absolute atomic E-state index is 11.3. The Morgan fingerprint density at radius 3 is 2.00 bits per heavy atom. The van der Waals surface area contributed by atoms with Gasteiger partial charge in [0.2, 0.25) is 0 Å². The molecule has 106 valence electrons. The maximum atomic E-state index is 11.3. The van der Waals surface area contributed by atoms with Crippen LogP contribution in [-0.2, 0) is 23.7 Å². The van der Waals surface area contributed by atoms with Crippen LogP contribution in [0.2, 0.25) is 0 Å². The van der Waals surface area contributed by atoms with Crippen molar-refractivity contribution in [1.29, 1.82) is 0 Å². The molecular formula is C12H16O7. The Morgan fingerprint density at radius 1 is 1.11 bits per heavy atom. The number of hydrogen-bond acceptors (Lipinski definition) is 7. The molecule has 1 saturated heterocycles. The Hall–Kier alpha value is -2.02. The molecule has 0 saturated carbocycles. The summed E-state index contributed by atoms with van der Waals surface area (Å²) in [6, 6.07) is 0. The van der Waals surface area contributed by atoms with Gasteiger partial charge in [-0.15, -0.1) is 0 Å². The van der Waals surface area contributed by atoms with Crippen molar-refractivity contribution in [1.82, 2.24) is 0 Å². The molecule has 0 bridgehead atoms.